The second kappa shape index (κ2) is 2.16. The Balaban J connectivity index is 2.03. The maximum absolute atomic E-state index is 6.46. The van der Waals surface area contributed by atoms with E-state index >= 15 is 0 Å². The smallest absolute Gasteiger partial charge is 0.0283 e. The van der Waals surface area contributed by atoms with Crippen molar-refractivity contribution in [3.8, 4) is 0 Å². The highest BCUT2D eigenvalue weighted by atomic mass is 79.9. The average molecular weight is 244 g/mol. The van der Waals surface area contributed by atoms with Gasteiger partial charge in [-0.05, 0) is 49.9 Å². The summed E-state index contributed by atoms with van der Waals surface area (Å²) >= 11 is 3.95. The molecule has 0 heterocycles. The summed E-state index contributed by atoms with van der Waals surface area (Å²) in [6.45, 7) is 2.44. The maximum Gasteiger partial charge on any atom is 0.0283 e. The van der Waals surface area contributed by atoms with E-state index in [0.717, 1.165) is 5.92 Å². The molecule has 74 valence electrons. The van der Waals surface area contributed by atoms with Gasteiger partial charge in [-0.3, -0.25) is 0 Å². The molecule has 4 saturated carbocycles. The van der Waals surface area contributed by atoms with Crippen LogP contribution in [0.3, 0.4) is 0 Å². The highest BCUT2D eigenvalue weighted by Gasteiger charge is 2.59. The van der Waals surface area contributed by atoms with Crippen LogP contribution in [-0.2, 0) is 0 Å². The van der Waals surface area contributed by atoms with Gasteiger partial charge in [-0.25, -0.2) is 0 Å². The van der Waals surface area contributed by atoms with Crippen molar-refractivity contribution < 1.29 is 0 Å². The van der Waals surface area contributed by atoms with Crippen LogP contribution in [0.5, 0.6) is 0 Å². The standard InChI is InChI=1S/C11H18BrN/c1-9-2-8-3-10(12,5-9)7-11(13,4-8)6-9/h8H,2-7,13H2,1H3. The van der Waals surface area contributed by atoms with Crippen molar-refractivity contribution in [3.05, 3.63) is 0 Å². The van der Waals surface area contributed by atoms with Gasteiger partial charge >= 0.3 is 0 Å². The van der Waals surface area contributed by atoms with E-state index in [1.807, 2.05) is 0 Å². The van der Waals surface area contributed by atoms with Gasteiger partial charge in [0.05, 0.1) is 0 Å². The molecule has 4 atom stereocenters. The summed E-state index contributed by atoms with van der Waals surface area (Å²) in [4.78, 5) is 0. The Morgan fingerprint density at radius 3 is 2.46 bits per heavy atom. The topological polar surface area (TPSA) is 26.0 Å². The summed E-state index contributed by atoms with van der Waals surface area (Å²) in [7, 11) is 0. The van der Waals surface area contributed by atoms with Gasteiger partial charge in [0.2, 0.25) is 0 Å². The molecular weight excluding hydrogens is 226 g/mol. The molecule has 0 aromatic heterocycles. The van der Waals surface area contributed by atoms with Crippen LogP contribution in [0, 0.1) is 11.3 Å². The fourth-order valence-corrected chi connectivity index (χ4v) is 6.57. The van der Waals surface area contributed by atoms with Crippen molar-refractivity contribution in [1.82, 2.24) is 0 Å². The van der Waals surface area contributed by atoms with E-state index in [1.54, 1.807) is 0 Å². The number of halogens is 1. The van der Waals surface area contributed by atoms with Gasteiger partial charge in [0, 0.05) is 9.86 Å². The highest BCUT2D eigenvalue weighted by molar-refractivity contribution is 9.10. The molecule has 4 fully saturated rings. The molecule has 4 aliphatic rings. The van der Waals surface area contributed by atoms with E-state index in [1.165, 1.54) is 38.5 Å². The molecular formula is C11H18BrN. The van der Waals surface area contributed by atoms with Crippen LogP contribution in [0.25, 0.3) is 0 Å². The predicted octanol–water partition coefficient (Wildman–Crippen LogP) is 2.82. The molecule has 1 nitrogen and oxygen atoms in total. The zero-order valence-electron chi connectivity index (χ0n) is 8.28. The molecule has 0 radical (unpaired) electrons. The summed E-state index contributed by atoms with van der Waals surface area (Å²) in [5.74, 6) is 0.908. The number of hydrogen-bond donors (Lipinski definition) is 1. The largest absolute Gasteiger partial charge is 0.325 e. The third-order valence-corrected chi connectivity index (χ3v) is 5.21. The zero-order chi connectivity index (χ0) is 9.32. The van der Waals surface area contributed by atoms with E-state index in [9.17, 15) is 0 Å². The molecule has 4 aliphatic carbocycles. The Morgan fingerprint density at radius 1 is 1.15 bits per heavy atom. The summed E-state index contributed by atoms with van der Waals surface area (Å²) in [6, 6.07) is 0. The third-order valence-electron chi connectivity index (χ3n) is 4.32. The van der Waals surface area contributed by atoms with Gasteiger partial charge in [-0.15, -0.1) is 0 Å². The zero-order valence-corrected chi connectivity index (χ0v) is 9.86. The van der Waals surface area contributed by atoms with Crippen molar-refractivity contribution in [1.29, 1.82) is 0 Å². The first-order valence-corrected chi connectivity index (χ1v) is 6.18. The summed E-state index contributed by atoms with van der Waals surface area (Å²) < 4.78 is 0.413. The van der Waals surface area contributed by atoms with Crippen LogP contribution in [0.15, 0.2) is 0 Å². The SMILES string of the molecule is CC12CC3CC(N)(C1)CC(Br)(C3)C2. The first-order valence-electron chi connectivity index (χ1n) is 5.38. The molecule has 0 amide bonds. The second-order valence-electron chi connectivity index (χ2n) is 6.33. The van der Waals surface area contributed by atoms with E-state index < -0.39 is 0 Å². The van der Waals surface area contributed by atoms with Crippen molar-refractivity contribution in [2.75, 3.05) is 0 Å². The van der Waals surface area contributed by atoms with Crippen LogP contribution in [-0.4, -0.2) is 9.86 Å². The van der Waals surface area contributed by atoms with Crippen LogP contribution in [0.1, 0.15) is 45.4 Å². The first kappa shape index (κ1) is 8.72. The Hall–Kier alpha value is 0.440. The van der Waals surface area contributed by atoms with E-state index in [-0.39, 0.29) is 5.54 Å². The van der Waals surface area contributed by atoms with Crippen molar-refractivity contribution >= 4 is 15.9 Å². The molecule has 0 saturated heterocycles. The molecule has 0 aromatic rings. The number of alkyl halides is 1. The first-order chi connectivity index (χ1) is 5.91. The van der Waals surface area contributed by atoms with Gasteiger partial charge < -0.3 is 5.73 Å². The van der Waals surface area contributed by atoms with Crippen molar-refractivity contribution in [2.45, 2.75) is 55.3 Å². The molecule has 13 heavy (non-hydrogen) atoms. The fourth-order valence-electron chi connectivity index (χ4n) is 4.87. The molecule has 4 unspecified atom stereocenters. The minimum Gasteiger partial charge on any atom is -0.325 e. The van der Waals surface area contributed by atoms with Gasteiger partial charge in [0.15, 0.2) is 0 Å². The predicted molar refractivity (Wildman–Crippen MR) is 57.9 cm³/mol. The lowest BCUT2D eigenvalue weighted by Gasteiger charge is -2.63. The summed E-state index contributed by atoms with van der Waals surface area (Å²) in [5, 5.41) is 0. The van der Waals surface area contributed by atoms with E-state index in [0.29, 0.717) is 9.74 Å². The Labute approximate surface area is 88.6 Å². The molecule has 2 heteroatoms. The lowest BCUT2D eigenvalue weighted by atomic mass is 9.47. The summed E-state index contributed by atoms with van der Waals surface area (Å²) in [5.41, 5.74) is 7.19. The molecule has 0 aliphatic heterocycles. The molecule has 2 N–H and O–H groups in total. The summed E-state index contributed by atoms with van der Waals surface area (Å²) in [6.07, 6.45) is 7.93. The Kier molecular flexibility index (Phi) is 1.45. The van der Waals surface area contributed by atoms with Crippen LogP contribution in [0.4, 0.5) is 0 Å². The van der Waals surface area contributed by atoms with Crippen LogP contribution in [0.2, 0.25) is 0 Å². The molecule has 4 bridgehead atoms. The Morgan fingerprint density at radius 2 is 1.92 bits per heavy atom. The average Bonchev–Trinajstić information content (AvgIpc) is 1.71. The Bertz CT molecular complexity index is 212. The maximum atomic E-state index is 6.46. The van der Waals surface area contributed by atoms with Gasteiger partial charge in [-0.1, -0.05) is 22.9 Å². The molecule has 0 spiro atoms. The van der Waals surface area contributed by atoms with E-state index in [4.69, 9.17) is 5.73 Å². The second-order valence-corrected chi connectivity index (χ2v) is 8.01. The minimum absolute atomic E-state index is 0.178. The van der Waals surface area contributed by atoms with Gasteiger partial charge in [0.1, 0.15) is 0 Å². The van der Waals surface area contributed by atoms with E-state index in [2.05, 4.69) is 22.9 Å². The number of nitrogens with two attached hydrogens (primary N) is 1. The number of rotatable bonds is 0. The molecule has 4 rings (SSSR count). The minimum atomic E-state index is 0.178. The highest BCUT2D eigenvalue weighted by Crippen LogP contribution is 2.64. The normalized spacial score (nSPS) is 64.4. The fraction of sp³-hybridized carbons (Fsp3) is 1.00. The number of hydrogen-bond acceptors (Lipinski definition) is 1. The van der Waals surface area contributed by atoms with Crippen molar-refractivity contribution in [2.24, 2.45) is 17.1 Å². The van der Waals surface area contributed by atoms with Gasteiger partial charge in [0.25, 0.3) is 0 Å². The lowest BCUT2D eigenvalue weighted by Crippen LogP contribution is -2.63. The molecule has 0 aromatic carbocycles. The van der Waals surface area contributed by atoms with Gasteiger partial charge in [-0.2, -0.15) is 0 Å². The monoisotopic (exact) mass is 243 g/mol. The van der Waals surface area contributed by atoms with Crippen LogP contribution >= 0.6 is 15.9 Å². The van der Waals surface area contributed by atoms with Crippen LogP contribution < -0.4 is 5.73 Å². The lowest BCUT2D eigenvalue weighted by molar-refractivity contribution is -0.0387. The third kappa shape index (κ3) is 1.21. The quantitative estimate of drug-likeness (QED) is 0.651. The van der Waals surface area contributed by atoms with Crippen molar-refractivity contribution in [3.63, 3.8) is 0 Å².